The van der Waals surface area contributed by atoms with Gasteiger partial charge >= 0.3 is 0 Å². The van der Waals surface area contributed by atoms with Crippen molar-refractivity contribution in [2.24, 2.45) is 0 Å². The largest absolute Gasteiger partial charge is 0.475 e. The van der Waals surface area contributed by atoms with E-state index in [-0.39, 0.29) is 5.41 Å². The summed E-state index contributed by atoms with van der Waals surface area (Å²) >= 11 is 0. The van der Waals surface area contributed by atoms with Crippen LogP contribution < -0.4 is 10.5 Å². The van der Waals surface area contributed by atoms with Gasteiger partial charge in [-0.05, 0) is 6.92 Å². The number of ether oxygens (including phenoxy) is 3. The van der Waals surface area contributed by atoms with E-state index in [9.17, 15) is 0 Å². The van der Waals surface area contributed by atoms with E-state index in [1.54, 1.807) is 7.11 Å². The molecular formula is C14H25N3O3. The molecule has 20 heavy (non-hydrogen) atoms. The van der Waals surface area contributed by atoms with Crippen molar-refractivity contribution in [3.63, 3.8) is 0 Å². The lowest BCUT2D eigenvalue weighted by atomic mass is 9.95. The maximum atomic E-state index is 5.91. The third-order valence-electron chi connectivity index (χ3n) is 2.71. The predicted octanol–water partition coefficient (Wildman–Crippen LogP) is 1.71. The SMILES string of the molecule is COCCOCCOc1nc(C(C)(C)C)nc(N)c1C. The molecular weight excluding hydrogens is 258 g/mol. The molecule has 0 radical (unpaired) electrons. The molecule has 1 heterocycles. The van der Waals surface area contributed by atoms with Crippen molar-refractivity contribution < 1.29 is 14.2 Å². The van der Waals surface area contributed by atoms with Crippen molar-refractivity contribution in [3.8, 4) is 5.88 Å². The fraction of sp³-hybridized carbons (Fsp3) is 0.714. The Morgan fingerprint density at radius 1 is 1.05 bits per heavy atom. The average molecular weight is 283 g/mol. The Labute approximate surface area is 120 Å². The Morgan fingerprint density at radius 2 is 1.70 bits per heavy atom. The lowest BCUT2D eigenvalue weighted by Gasteiger charge is -2.19. The van der Waals surface area contributed by atoms with Crippen LogP contribution in [0.4, 0.5) is 5.82 Å². The minimum absolute atomic E-state index is 0.172. The number of rotatable bonds is 7. The molecule has 1 aromatic heterocycles. The third kappa shape index (κ3) is 4.94. The maximum Gasteiger partial charge on any atom is 0.221 e. The Kier molecular flexibility index (Phi) is 6.16. The molecule has 0 aliphatic carbocycles. The van der Waals surface area contributed by atoms with Gasteiger partial charge in [-0.15, -0.1) is 0 Å². The van der Waals surface area contributed by atoms with Crippen LogP contribution in [0.15, 0.2) is 0 Å². The Hall–Kier alpha value is -1.40. The van der Waals surface area contributed by atoms with E-state index in [1.807, 2.05) is 27.7 Å². The fourth-order valence-corrected chi connectivity index (χ4v) is 1.43. The number of hydrogen-bond acceptors (Lipinski definition) is 6. The highest BCUT2D eigenvalue weighted by molar-refractivity contribution is 5.45. The van der Waals surface area contributed by atoms with Crippen LogP contribution in [0.5, 0.6) is 5.88 Å². The van der Waals surface area contributed by atoms with E-state index in [0.29, 0.717) is 43.9 Å². The third-order valence-corrected chi connectivity index (χ3v) is 2.71. The molecule has 0 aliphatic rings. The summed E-state index contributed by atoms with van der Waals surface area (Å²) in [6.07, 6.45) is 0. The average Bonchev–Trinajstić information content (AvgIpc) is 2.37. The Bertz CT molecular complexity index is 430. The minimum atomic E-state index is -0.172. The molecule has 0 saturated heterocycles. The van der Waals surface area contributed by atoms with Gasteiger partial charge in [0.1, 0.15) is 18.2 Å². The van der Waals surface area contributed by atoms with Gasteiger partial charge in [0.2, 0.25) is 5.88 Å². The smallest absolute Gasteiger partial charge is 0.221 e. The molecule has 0 atom stereocenters. The second-order valence-electron chi connectivity index (χ2n) is 5.57. The molecule has 0 saturated carbocycles. The summed E-state index contributed by atoms with van der Waals surface area (Å²) in [5, 5.41) is 0. The van der Waals surface area contributed by atoms with Gasteiger partial charge in [0.25, 0.3) is 0 Å². The second-order valence-corrected chi connectivity index (χ2v) is 5.57. The van der Waals surface area contributed by atoms with Gasteiger partial charge in [-0.2, -0.15) is 4.98 Å². The first kappa shape index (κ1) is 16.7. The van der Waals surface area contributed by atoms with E-state index < -0.39 is 0 Å². The first-order chi connectivity index (χ1) is 9.36. The number of nitrogen functional groups attached to an aromatic ring is 1. The van der Waals surface area contributed by atoms with Crippen molar-refractivity contribution in [3.05, 3.63) is 11.4 Å². The number of methoxy groups -OCH3 is 1. The van der Waals surface area contributed by atoms with E-state index in [0.717, 1.165) is 5.56 Å². The highest BCUT2D eigenvalue weighted by Crippen LogP contribution is 2.25. The highest BCUT2D eigenvalue weighted by atomic mass is 16.5. The first-order valence-corrected chi connectivity index (χ1v) is 6.70. The zero-order valence-corrected chi connectivity index (χ0v) is 13.0. The standard InChI is InChI=1S/C14H25N3O3/c1-10-11(15)16-13(14(2,3)4)17-12(10)20-9-8-19-7-6-18-5/h6-9H2,1-5H3,(H2,15,16,17). The number of aromatic nitrogens is 2. The van der Waals surface area contributed by atoms with Crippen molar-refractivity contribution in [1.82, 2.24) is 9.97 Å². The van der Waals surface area contributed by atoms with E-state index in [1.165, 1.54) is 0 Å². The Balaban J connectivity index is 2.63. The molecule has 0 bridgehead atoms. The topological polar surface area (TPSA) is 79.5 Å². The first-order valence-electron chi connectivity index (χ1n) is 6.70. The molecule has 0 aromatic carbocycles. The van der Waals surface area contributed by atoms with Gasteiger partial charge in [-0.25, -0.2) is 4.98 Å². The molecule has 0 amide bonds. The molecule has 0 fully saturated rings. The molecule has 2 N–H and O–H groups in total. The summed E-state index contributed by atoms with van der Waals surface area (Å²) in [5.41, 5.74) is 6.50. The normalized spacial score (nSPS) is 11.7. The summed E-state index contributed by atoms with van der Waals surface area (Å²) in [6.45, 7) is 9.99. The van der Waals surface area contributed by atoms with E-state index in [4.69, 9.17) is 19.9 Å². The predicted molar refractivity (Wildman–Crippen MR) is 78.1 cm³/mol. The fourth-order valence-electron chi connectivity index (χ4n) is 1.43. The summed E-state index contributed by atoms with van der Waals surface area (Å²) in [7, 11) is 1.64. The van der Waals surface area contributed by atoms with Crippen molar-refractivity contribution in [2.45, 2.75) is 33.1 Å². The molecule has 6 heteroatoms. The summed E-state index contributed by atoms with van der Waals surface area (Å²) in [4.78, 5) is 8.76. The molecule has 114 valence electrons. The number of hydrogen-bond donors (Lipinski definition) is 1. The monoisotopic (exact) mass is 283 g/mol. The van der Waals surface area contributed by atoms with Crippen molar-refractivity contribution in [1.29, 1.82) is 0 Å². The van der Waals surface area contributed by atoms with Crippen molar-refractivity contribution in [2.75, 3.05) is 39.3 Å². The van der Waals surface area contributed by atoms with Gasteiger partial charge in [-0.1, -0.05) is 20.8 Å². The van der Waals surface area contributed by atoms with Crippen LogP contribution in [0.1, 0.15) is 32.2 Å². The van der Waals surface area contributed by atoms with E-state index in [2.05, 4.69) is 9.97 Å². The summed E-state index contributed by atoms with van der Waals surface area (Å²) < 4.78 is 15.9. The van der Waals surface area contributed by atoms with Gasteiger partial charge in [0, 0.05) is 12.5 Å². The Morgan fingerprint density at radius 3 is 2.30 bits per heavy atom. The van der Waals surface area contributed by atoms with E-state index >= 15 is 0 Å². The quantitative estimate of drug-likeness (QED) is 0.767. The molecule has 0 aliphatic heterocycles. The number of nitrogens with two attached hydrogens (primary N) is 1. The van der Waals surface area contributed by atoms with Crippen LogP contribution in [0.25, 0.3) is 0 Å². The lowest BCUT2D eigenvalue weighted by molar-refractivity contribution is 0.0534. The van der Waals surface area contributed by atoms with Crippen molar-refractivity contribution >= 4 is 5.82 Å². The molecule has 0 spiro atoms. The molecule has 0 unspecified atom stereocenters. The zero-order valence-electron chi connectivity index (χ0n) is 13.0. The van der Waals surface area contributed by atoms with Gasteiger partial charge < -0.3 is 19.9 Å². The number of anilines is 1. The molecule has 1 aromatic rings. The van der Waals surface area contributed by atoms with Gasteiger partial charge in [-0.3, -0.25) is 0 Å². The molecule has 1 rings (SSSR count). The van der Waals surface area contributed by atoms with Gasteiger partial charge in [0.15, 0.2) is 0 Å². The van der Waals surface area contributed by atoms with Crippen LogP contribution in [-0.4, -0.2) is 43.5 Å². The number of nitrogens with zero attached hydrogens (tertiary/aromatic N) is 2. The minimum Gasteiger partial charge on any atom is -0.475 e. The van der Waals surface area contributed by atoms with Crippen LogP contribution in [0, 0.1) is 6.92 Å². The van der Waals surface area contributed by atoms with Crippen LogP contribution >= 0.6 is 0 Å². The maximum absolute atomic E-state index is 5.91. The zero-order chi connectivity index (χ0) is 15.2. The highest BCUT2D eigenvalue weighted by Gasteiger charge is 2.20. The van der Waals surface area contributed by atoms with Crippen LogP contribution in [0.2, 0.25) is 0 Å². The van der Waals surface area contributed by atoms with Crippen LogP contribution in [0.3, 0.4) is 0 Å². The summed E-state index contributed by atoms with van der Waals surface area (Å²) in [5.74, 6) is 1.66. The van der Waals surface area contributed by atoms with Gasteiger partial charge in [0.05, 0.1) is 25.4 Å². The summed E-state index contributed by atoms with van der Waals surface area (Å²) in [6, 6.07) is 0. The lowest BCUT2D eigenvalue weighted by Crippen LogP contribution is -2.19. The second kappa shape index (κ2) is 7.40. The molecule has 6 nitrogen and oxygen atoms in total. The van der Waals surface area contributed by atoms with Crippen LogP contribution in [-0.2, 0) is 14.9 Å².